The summed E-state index contributed by atoms with van der Waals surface area (Å²) in [5, 5.41) is 11.1. The Hall–Kier alpha value is -3.12. The number of nitrogens with zero attached hydrogens (tertiary/aromatic N) is 1. The highest BCUT2D eigenvalue weighted by Crippen LogP contribution is 2.28. The molecule has 4 rings (SSSR count). The first-order valence-electron chi connectivity index (χ1n) is 10.5. The van der Waals surface area contributed by atoms with Crippen LogP contribution in [0, 0.1) is 0 Å². The lowest BCUT2D eigenvalue weighted by Crippen LogP contribution is -2.44. The molecule has 0 atom stereocenters. The quantitative estimate of drug-likeness (QED) is 0.542. The molecule has 6 nitrogen and oxygen atoms in total. The normalized spacial score (nSPS) is 18.4. The van der Waals surface area contributed by atoms with Crippen molar-refractivity contribution < 1.29 is 9.59 Å². The molecule has 0 spiro atoms. The van der Waals surface area contributed by atoms with Crippen LogP contribution in [0.4, 0.5) is 5.69 Å². The van der Waals surface area contributed by atoms with Crippen molar-refractivity contribution in [3.8, 4) is 0 Å². The summed E-state index contributed by atoms with van der Waals surface area (Å²) >= 11 is 6.07. The Kier molecular flexibility index (Phi) is 6.67. The molecule has 31 heavy (non-hydrogen) atoms. The zero-order chi connectivity index (χ0) is 21.6. The summed E-state index contributed by atoms with van der Waals surface area (Å²) in [5.41, 5.74) is 2.47. The van der Waals surface area contributed by atoms with E-state index in [1.165, 1.54) is 0 Å². The van der Waals surface area contributed by atoms with Gasteiger partial charge in [0.05, 0.1) is 12.1 Å². The number of benzene rings is 2. The Morgan fingerprint density at radius 2 is 1.71 bits per heavy atom. The van der Waals surface area contributed by atoms with Crippen LogP contribution in [0.25, 0.3) is 10.9 Å². The predicted molar refractivity (Wildman–Crippen MR) is 123 cm³/mol. The van der Waals surface area contributed by atoms with Gasteiger partial charge in [-0.25, -0.2) is 0 Å². The third kappa shape index (κ3) is 5.52. The molecule has 7 heteroatoms. The molecular formula is C24H25ClN4O2. The van der Waals surface area contributed by atoms with Crippen molar-refractivity contribution in [2.45, 2.75) is 37.8 Å². The number of anilines is 1. The highest BCUT2D eigenvalue weighted by Gasteiger charge is 2.23. The minimum atomic E-state index is -0.241. The molecule has 3 aromatic rings. The van der Waals surface area contributed by atoms with E-state index in [9.17, 15) is 9.59 Å². The van der Waals surface area contributed by atoms with E-state index < -0.39 is 0 Å². The monoisotopic (exact) mass is 436 g/mol. The number of hydrogen-bond donors (Lipinski definition) is 3. The second-order valence-corrected chi connectivity index (χ2v) is 8.27. The molecule has 0 radical (unpaired) electrons. The predicted octanol–water partition coefficient (Wildman–Crippen LogP) is 4.16. The summed E-state index contributed by atoms with van der Waals surface area (Å²) in [6.07, 6.45) is 5.49. The fourth-order valence-electron chi connectivity index (χ4n) is 3.98. The number of amides is 2. The SMILES string of the molecule is O=C(CNC(=O)c1ccccc1)NC1CCC(Nc2ccnc3cc(Cl)ccc23)CC1. The third-order valence-electron chi connectivity index (χ3n) is 5.60. The van der Waals surface area contributed by atoms with Crippen LogP contribution in [0.2, 0.25) is 5.02 Å². The van der Waals surface area contributed by atoms with Gasteiger partial charge in [-0.15, -0.1) is 0 Å². The molecule has 0 aliphatic heterocycles. The Morgan fingerprint density at radius 3 is 2.48 bits per heavy atom. The van der Waals surface area contributed by atoms with Crippen molar-refractivity contribution in [2.75, 3.05) is 11.9 Å². The van der Waals surface area contributed by atoms with E-state index in [2.05, 4.69) is 20.9 Å². The van der Waals surface area contributed by atoms with Crippen LogP contribution in [0.3, 0.4) is 0 Å². The molecule has 160 valence electrons. The van der Waals surface area contributed by atoms with Crippen LogP contribution in [-0.2, 0) is 4.79 Å². The molecule has 2 aromatic carbocycles. The summed E-state index contributed by atoms with van der Waals surface area (Å²) in [6.45, 7) is -0.0164. The maximum Gasteiger partial charge on any atom is 0.251 e. The fraction of sp³-hybridized carbons (Fsp3) is 0.292. The molecule has 1 saturated carbocycles. The van der Waals surface area contributed by atoms with Crippen molar-refractivity contribution in [2.24, 2.45) is 0 Å². The van der Waals surface area contributed by atoms with Gasteiger partial charge in [0.1, 0.15) is 0 Å². The highest BCUT2D eigenvalue weighted by atomic mass is 35.5. The van der Waals surface area contributed by atoms with Crippen LogP contribution in [-0.4, -0.2) is 35.4 Å². The molecule has 2 amide bonds. The molecule has 0 unspecified atom stereocenters. The van der Waals surface area contributed by atoms with Gasteiger partial charge in [-0.1, -0.05) is 29.8 Å². The van der Waals surface area contributed by atoms with Crippen LogP contribution < -0.4 is 16.0 Å². The number of aromatic nitrogens is 1. The van der Waals surface area contributed by atoms with Crippen LogP contribution in [0.1, 0.15) is 36.0 Å². The standard InChI is InChI=1S/C24H25ClN4O2/c25-17-6-11-20-21(12-13-26-22(20)14-17)28-18-7-9-19(10-8-18)29-23(30)15-27-24(31)16-4-2-1-3-5-16/h1-6,11-14,18-19H,7-10,15H2,(H,26,28)(H,27,31)(H,29,30). The lowest BCUT2D eigenvalue weighted by molar-refractivity contribution is -0.121. The number of rotatable bonds is 6. The van der Waals surface area contributed by atoms with E-state index in [0.717, 1.165) is 42.3 Å². The number of pyridine rings is 1. The van der Waals surface area contributed by atoms with Gasteiger partial charge in [0.15, 0.2) is 0 Å². The molecule has 1 heterocycles. The highest BCUT2D eigenvalue weighted by molar-refractivity contribution is 6.31. The van der Waals surface area contributed by atoms with Crippen LogP contribution >= 0.6 is 11.6 Å². The van der Waals surface area contributed by atoms with E-state index in [1.54, 1.807) is 30.5 Å². The van der Waals surface area contributed by atoms with Crippen molar-refractivity contribution in [3.63, 3.8) is 0 Å². The Labute approximate surface area is 186 Å². The van der Waals surface area contributed by atoms with Crippen molar-refractivity contribution >= 4 is 40.0 Å². The largest absolute Gasteiger partial charge is 0.382 e. The third-order valence-corrected chi connectivity index (χ3v) is 5.84. The summed E-state index contributed by atoms with van der Waals surface area (Å²) < 4.78 is 0. The number of carbonyl (C=O) groups is 2. The topological polar surface area (TPSA) is 83.1 Å². The smallest absolute Gasteiger partial charge is 0.251 e. The first-order chi connectivity index (χ1) is 15.1. The molecule has 1 aliphatic carbocycles. The van der Waals surface area contributed by atoms with E-state index in [1.807, 2.05) is 30.3 Å². The van der Waals surface area contributed by atoms with E-state index in [-0.39, 0.29) is 24.4 Å². The summed E-state index contributed by atoms with van der Waals surface area (Å²) in [5.74, 6) is -0.396. The van der Waals surface area contributed by atoms with Gasteiger partial charge < -0.3 is 16.0 Å². The molecule has 1 aromatic heterocycles. The van der Waals surface area contributed by atoms with Gasteiger partial charge in [0.25, 0.3) is 5.91 Å². The van der Waals surface area contributed by atoms with E-state index in [0.29, 0.717) is 16.6 Å². The van der Waals surface area contributed by atoms with Crippen LogP contribution in [0.5, 0.6) is 0 Å². The summed E-state index contributed by atoms with van der Waals surface area (Å²) in [4.78, 5) is 28.7. The lowest BCUT2D eigenvalue weighted by atomic mass is 9.91. The zero-order valence-corrected chi connectivity index (χ0v) is 17.9. The first kappa shape index (κ1) is 21.1. The van der Waals surface area contributed by atoms with Gasteiger partial charge in [0.2, 0.25) is 5.91 Å². The van der Waals surface area contributed by atoms with Gasteiger partial charge in [-0.2, -0.15) is 0 Å². The van der Waals surface area contributed by atoms with Gasteiger partial charge in [-0.3, -0.25) is 14.6 Å². The Morgan fingerprint density at radius 1 is 0.968 bits per heavy atom. The maximum atomic E-state index is 12.2. The van der Waals surface area contributed by atoms with Gasteiger partial charge in [0, 0.05) is 39.9 Å². The lowest BCUT2D eigenvalue weighted by Gasteiger charge is -2.30. The minimum Gasteiger partial charge on any atom is -0.382 e. The molecule has 1 aliphatic rings. The number of carbonyl (C=O) groups excluding carboxylic acids is 2. The average molecular weight is 437 g/mol. The van der Waals surface area contributed by atoms with Crippen molar-refractivity contribution in [1.82, 2.24) is 15.6 Å². The van der Waals surface area contributed by atoms with Crippen LogP contribution in [0.15, 0.2) is 60.8 Å². The molecule has 3 N–H and O–H groups in total. The fourth-order valence-corrected chi connectivity index (χ4v) is 4.15. The summed E-state index contributed by atoms with van der Waals surface area (Å²) in [6, 6.07) is 17.1. The van der Waals surface area contributed by atoms with Crippen molar-refractivity contribution in [1.29, 1.82) is 0 Å². The maximum absolute atomic E-state index is 12.2. The zero-order valence-electron chi connectivity index (χ0n) is 17.1. The molecule has 0 bridgehead atoms. The number of halogens is 1. The molecule has 0 saturated heterocycles. The molecule has 1 fully saturated rings. The Balaban J connectivity index is 1.24. The van der Waals surface area contributed by atoms with E-state index >= 15 is 0 Å². The second-order valence-electron chi connectivity index (χ2n) is 7.83. The number of fused-ring (bicyclic) bond motifs is 1. The minimum absolute atomic E-state index is 0.0164. The first-order valence-corrected chi connectivity index (χ1v) is 10.9. The van der Waals surface area contributed by atoms with E-state index in [4.69, 9.17) is 11.6 Å². The second kappa shape index (κ2) is 9.79. The summed E-state index contributed by atoms with van der Waals surface area (Å²) in [7, 11) is 0. The number of hydrogen-bond acceptors (Lipinski definition) is 4. The average Bonchev–Trinajstić information content (AvgIpc) is 2.79. The molecular weight excluding hydrogens is 412 g/mol. The van der Waals surface area contributed by atoms with Gasteiger partial charge >= 0.3 is 0 Å². The van der Waals surface area contributed by atoms with Crippen molar-refractivity contribution in [3.05, 3.63) is 71.4 Å². The van der Waals surface area contributed by atoms with Gasteiger partial charge in [-0.05, 0) is 62.1 Å². The number of nitrogens with one attached hydrogen (secondary N) is 3. The Bertz CT molecular complexity index is 1070.